The second kappa shape index (κ2) is 10.4. The van der Waals surface area contributed by atoms with Gasteiger partial charge >= 0.3 is 0 Å². The zero-order valence-electron chi connectivity index (χ0n) is 11.0. The van der Waals surface area contributed by atoms with E-state index in [9.17, 15) is 4.39 Å². The van der Waals surface area contributed by atoms with Gasteiger partial charge in [-0.1, -0.05) is 0 Å². The van der Waals surface area contributed by atoms with Crippen LogP contribution in [0.2, 0.25) is 0 Å². The first kappa shape index (κ1) is 15.5. The van der Waals surface area contributed by atoms with Crippen molar-refractivity contribution in [2.24, 2.45) is 0 Å². The molecular weight excluding hydrogens is 249 g/mol. The Hall–Kier alpha value is -0.580. The van der Waals surface area contributed by atoms with Crippen LogP contribution in [0.25, 0.3) is 0 Å². The van der Waals surface area contributed by atoms with Crippen molar-refractivity contribution >= 4 is 11.8 Å². The molecule has 0 atom stereocenters. The van der Waals surface area contributed by atoms with Crippen LogP contribution in [0, 0.1) is 5.82 Å². The fraction of sp³-hybridized carbons (Fsp3) is 0.571. The van der Waals surface area contributed by atoms with Crippen molar-refractivity contribution in [2.45, 2.75) is 24.7 Å². The highest BCUT2D eigenvalue weighted by molar-refractivity contribution is 7.99. The molecular formula is C14H22FNOS. The molecule has 0 heterocycles. The number of unbranched alkanes of at least 4 members (excludes halogenated alkanes) is 1. The summed E-state index contributed by atoms with van der Waals surface area (Å²) >= 11 is 1.75. The Kier molecular flexibility index (Phi) is 8.90. The molecule has 1 aromatic rings. The SMILES string of the molecule is CCOCCCCNCCSc1ccc(F)cc1. The van der Waals surface area contributed by atoms with Crippen LogP contribution in [0.5, 0.6) is 0 Å². The van der Waals surface area contributed by atoms with Gasteiger partial charge in [0, 0.05) is 30.4 Å². The molecule has 0 aromatic heterocycles. The number of hydrogen-bond donors (Lipinski definition) is 1. The Labute approximate surface area is 113 Å². The predicted octanol–water partition coefficient (Wildman–Crippen LogP) is 3.32. The monoisotopic (exact) mass is 271 g/mol. The minimum absolute atomic E-state index is 0.174. The Bertz CT molecular complexity index is 305. The molecule has 0 bridgehead atoms. The molecule has 1 rings (SSSR count). The van der Waals surface area contributed by atoms with Gasteiger partial charge in [-0.25, -0.2) is 4.39 Å². The molecule has 4 heteroatoms. The van der Waals surface area contributed by atoms with Gasteiger partial charge in [0.25, 0.3) is 0 Å². The van der Waals surface area contributed by atoms with E-state index in [1.165, 1.54) is 12.1 Å². The van der Waals surface area contributed by atoms with Crippen LogP contribution in [0.1, 0.15) is 19.8 Å². The summed E-state index contributed by atoms with van der Waals surface area (Å²) in [6.07, 6.45) is 2.27. The summed E-state index contributed by atoms with van der Waals surface area (Å²) in [7, 11) is 0. The summed E-state index contributed by atoms with van der Waals surface area (Å²) in [5.41, 5.74) is 0. The first-order chi connectivity index (χ1) is 8.83. The quantitative estimate of drug-likeness (QED) is 0.521. The lowest BCUT2D eigenvalue weighted by atomic mass is 10.3. The smallest absolute Gasteiger partial charge is 0.123 e. The number of ether oxygens (including phenoxy) is 1. The first-order valence-corrected chi connectivity index (χ1v) is 7.48. The van der Waals surface area contributed by atoms with Crippen molar-refractivity contribution in [2.75, 3.05) is 32.1 Å². The molecule has 0 aliphatic rings. The van der Waals surface area contributed by atoms with Crippen LogP contribution >= 0.6 is 11.8 Å². The van der Waals surface area contributed by atoms with Crippen LogP contribution in [0.3, 0.4) is 0 Å². The number of thioether (sulfide) groups is 1. The molecule has 0 saturated carbocycles. The summed E-state index contributed by atoms with van der Waals surface area (Å²) in [4.78, 5) is 1.12. The Morgan fingerprint density at radius 1 is 1.17 bits per heavy atom. The molecule has 2 nitrogen and oxygen atoms in total. The third kappa shape index (κ3) is 7.69. The minimum Gasteiger partial charge on any atom is -0.382 e. The van der Waals surface area contributed by atoms with E-state index in [1.807, 2.05) is 19.1 Å². The van der Waals surface area contributed by atoms with Crippen molar-refractivity contribution in [3.05, 3.63) is 30.1 Å². The van der Waals surface area contributed by atoms with E-state index in [-0.39, 0.29) is 5.82 Å². The summed E-state index contributed by atoms with van der Waals surface area (Å²) in [5, 5.41) is 3.39. The van der Waals surface area contributed by atoms with E-state index in [0.29, 0.717) is 0 Å². The van der Waals surface area contributed by atoms with Gasteiger partial charge in [0.2, 0.25) is 0 Å². The zero-order valence-corrected chi connectivity index (χ0v) is 11.8. The average Bonchev–Trinajstić information content (AvgIpc) is 2.39. The fourth-order valence-corrected chi connectivity index (χ4v) is 2.31. The van der Waals surface area contributed by atoms with Crippen molar-refractivity contribution in [3.63, 3.8) is 0 Å². The second-order valence-corrected chi connectivity index (χ2v) is 5.12. The molecule has 0 spiro atoms. The number of rotatable bonds is 10. The van der Waals surface area contributed by atoms with E-state index in [4.69, 9.17) is 4.74 Å². The highest BCUT2D eigenvalue weighted by Gasteiger charge is 1.95. The summed E-state index contributed by atoms with van der Waals surface area (Å²) in [6, 6.07) is 6.65. The predicted molar refractivity (Wildman–Crippen MR) is 75.7 cm³/mol. The molecule has 0 radical (unpaired) electrons. The van der Waals surface area contributed by atoms with E-state index in [1.54, 1.807) is 11.8 Å². The average molecular weight is 271 g/mol. The molecule has 0 unspecified atom stereocenters. The summed E-state index contributed by atoms with van der Waals surface area (Å²) < 4.78 is 17.9. The van der Waals surface area contributed by atoms with Crippen LogP contribution in [-0.4, -0.2) is 32.1 Å². The lowest BCUT2D eigenvalue weighted by Gasteiger charge is -2.05. The topological polar surface area (TPSA) is 21.3 Å². The summed E-state index contributed by atoms with van der Waals surface area (Å²) in [6.45, 7) is 5.71. The molecule has 0 amide bonds. The molecule has 0 aliphatic carbocycles. The Balaban J connectivity index is 1.91. The number of halogens is 1. The minimum atomic E-state index is -0.174. The highest BCUT2D eigenvalue weighted by Crippen LogP contribution is 2.17. The van der Waals surface area contributed by atoms with Gasteiger partial charge in [-0.3, -0.25) is 0 Å². The van der Waals surface area contributed by atoms with Crippen LogP contribution < -0.4 is 5.32 Å². The third-order valence-electron chi connectivity index (χ3n) is 2.46. The van der Waals surface area contributed by atoms with E-state index < -0.39 is 0 Å². The van der Waals surface area contributed by atoms with Crippen molar-refractivity contribution in [1.82, 2.24) is 5.32 Å². The molecule has 1 N–H and O–H groups in total. The lowest BCUT2D eigenvalue weighted by Crippen LogP contribution is -2.18. The van der Waals surface area contributed by atoms with Crippen molar-refractivity contribution < 1.29 is 9.13 Å². The summed E-state index contributed by atoms with van der Waals surface area (Å²) in [5.74, 6) is 0.837. The number of hydrogen-bond acceptors (Lipinski definition) is 3. The standard InChI is InChI=1S/C14H22FNOS/c1-2-17-11-4-3-9-16-10-12-18-14-7-5-13(15)6-8-14/h5-8,16H,2-4,9-12H2,1H3. The van der Waals surface area contributed by atoms with Gasteiger partial charge in [0.1, 0.15) is 5.82 Å². The van der Waals surface area contributed by atoms with E-state index >= 15 is 0 Å². The molecule has 102 valence electrons. The number of nitrogens with one attached hydrogen (secondary N) is 1. The largest absolute Gasteiger partial charge is 0.382 e. The van der Waals surface area contributed by atoms with Crippen molar-refractivity contribution in [3.8, 4) is 0 Å². The van der Waals surface area contributed by atoms with Gasteiger partial charge in [-0.2, -0.15) is 0 Å². The molecule has 18 heavy (non-hydrogen) atoms. The Morgan fingerprint density at radius 3 is 2.67 bits per heavy atom. The van der Waals surface area contributed by atoms with E-state index in [0.717, 1.165) is 49.8 Å². The van der Waals surface area contributed by atoms with Gasteiger partial charge in [-0.05, 0) is 50.6 Å². The first-order valence-electron chi connectivity index (χ1n) is 6.49. The third-order valence-corrected chi connectivity index (χ3v) is 3.47. The molecule has 0 aliphatic heterocycles. The van der Waals surface area contributed by atoms with E-state index in [2.05, 4.69) is 5.32 Å². The second-order valence-electron chi connectivity index (χ2n) is 3.96. The van der Waals surface area contributed by atoms with Crippen LogP contribution in [-0.2, 0) is 4.74 Å². The molecule has 0 fully saturated rings. The van der Waals surface area contributed by atoms with Crippen LogP contribution in [0.4, 0.5) is 4.39 Å². The maximum absolute atomic E-state index is 12.7. The normalized spacial score (nSPS) is 10.8. The fourth-order valence-electron chi connectivity index (χ4n) is 1.50. The lowest BCUT2D eigenvalue weighted by molar-refractivity contribution is 0.143. The van der Waals surface area contributed by atoms with Gasteiger partial charge in [0.05, 0.1) is 0 Å². The zero-order chi connectivity index (χ0) is 13.1. The number of benzene rings is 1. The maximum atomic E-state index is 12.7. The van der Waals surface area contributed by atoms with Gasteiger partial charge in [0.15, 0.2) is 0 Å². The van der Waals surface area contributed by atoms with Gasteiger partial charge in [-0.15, -0.1) is 11.8 Å². The molecule has 0 saturated heterocycles. The van der Waals surface area contributed by atoms with Crippen LogP contribution in [0.15, 0.2) is 29.2 Å². The van der Waals surface area contributed by atoms with Gasteiger partial charge < -0.3 is 10.1 Å². The molecule has 1 aromatic carbocycles. The van der Waals surface area contributed by atoms with Crippen molar-refractivity contribution in [1.29, 1.82) is 0 Å². The maximum Gasteiger partial charge on any atom is 0.123 e. The highest BCUT2D eigenvalue weighted by atomic mass is 32.2. The Morgan fingerprint density at radius 2 is 1.94 bits per heavy atom.